The topological polar surface area (TPSA) is 81.1 Å². The van der Waals surface area contributed by atoms with Crippen molar-refractivity contribution in [2.45, 2.75) is 31.5 Å². The van der Waals surface area contributed by atoms with Crippen molar-refractivity contribution in [2.75, 3.05) is 23.5 Å². The lowest BCUT2D eigenvalue weighted by atomic mass is 10.0. The first-order valence-electron chi connectivity index (χ1n) is 9.67. The second kappa shape index (κ2) is 8.93. The van der Waals surface area contributed by atoms with E-state index in [1.165, 1.54) is 0 Å². The summed E-state index contributed by atoms with van der Waals surface area (Å²) >= 11 is 3.21. The largest absolute Gasteiger partial charge is 0.495 e. The molecule has 1 atom stereocenters. The van der Waals surface area contributed by atoms with Gasteiger partial charge < -0.3 is 15.4 Å². The van der Waals surface area contributed by atoms with Gasteiger partial charge in [-0.1, -0.05) is 36.9 Å². The molecule has 0 saturated carbocycles. The van der Waals surface area contributed by atoms with Gasteiger partial charge in [0.2, 0.25) is 11.1 Å². The molecule has 3 heterocycles. The lowest BCUT2D eigenvalue weighted by molar-refractivity contribution is -0.113. The number of methoxy groups -OCH3 is 1. The number of amides is 1. The molecule has 1 aliphatic rings. The summed E-state index contributed by atoms with van der Waals surface area (Å²) in [6, 6.07) is 11.0. The number of fused-ring (bicyclic) bond motifs is 1. The maximum absolute atomic E-state index is 13.4. The molecule has 0 radical (unpaired) electrons. The molecule has 30 heavy (non-hydrogen) atoms. The standard InChI is InChI=1S/C21H23N5O2S2/c1-4-11-30-21-24-20-22-13(2)17(18(26(20)25-21)16-10-7-12-29-16)19(27)23-14-8-5-6-9-15(14)28-3/h5-10,12,18H,4,11H2,1-3H3,(H,23,27)(H,22,24,25). The van der Waals surface area contributed by atoms with Crippen LogP contribution in [0.3, 0.4) is 0 Å². The first kappa shape index (κ1) is 20.5. The van der Waals surface area contributed by atoms with E-state index in [4.69, 9.17) is 9.84 Å². The Labute approximate surface area is 183 Å². The van der Waals surface area contributed by atoms with Crippen LogP contribution in [0.4, 0.5) is 11.6 Å². The van der Waals surface area contributed by atoms with Gasteiger partial charge in [0.05, 0.1) is 18.4 Å². The molecule has 0 aliphatic carbocycles. The highest BCUT2D eigenvalue weighted by molar-refractivity contribution is 7.99. The highest BCUT2D eigenvalue weighted by Gasteiger charge is 2.35. The van der Waals surface area contributed by atoms with Gasteiger partial charge in [0.15, 0.2) is 0 Å². The van der Waals surface area contributed by atoms with Gasteiger partial charge in [-0.15, -0.1) is 16.4 Å². The quantitative estimate of drug-likeness (QED) is 0.514. The summed E-state index contributed by atoms with van der Waals surface area (Å²) in [5.41, 5.74) is 1.99. The van der Waals surface area contributed by atoms with E-state index in [1.807, 2.05) is 53.4 Å². The van der Waals surface area contributed by atoms with Gasteiger partial charge in [0, 0.05) is 16.3 Å². The molecule has 0 spiro atoms. The summed E-state index contributed by atoms with van der Waals surface area (Å²) in [7, 11) is 1.59. The second-order valence-electron chi connectivity index (χ2n) is 6.75. The summed E-state index contributed by atoms with van der Waals surface area (Å²) in [6.07, 6.45) is 1.04. The number of benzene rings is 1. The number of carbonyl (C=O) groups excluding carboxylic acids is 1. The molecule has 7 nitrogen and oxygen atoms in total. The van der Waals surface area contributed by atoms with Crippen LogP contribution in [0.25, 0.3) is 0 Å². The van der Waals surface area contributed by atoms with Crippen molar-refractivity contribution in [3.05, 3.63) is 57.9 Å². The fraction of sp³-hybridized carbons (Fsp3) is 0.286. The smallest absolute Gasteiger partial charge is 0.256 e. The number of thioether (sulfide) groups is 1. The number of anilines is 2. The number of nitrogens with one attached hydrogen (secondary N) is 2. The van der Waals surface area contributed by atoms with E-state index in [9.17, 15) is 4.79 Å². The maximum atomic E-state index is 13.4. The van der Waals surface area contributed by atoms with Crippen molar-refractivity contribution >= 4 is 40.6 Å². The van der Waals surface area contributed by atoms with E-state index >= 15 is 0 Å². The number of rotatable bonds is 7. The molecule has 9 heteroatoms. The fourth-order valence-electron chi connectivity index (χ4n) is 3.33. The molecule has 0 saturated heterocycles. The van der Waals surface area contributed by atoms with Gasteiger partial charge in [-0.05, 0) is 36.9 Å². The predicted molar refractivity (Wildman–Crippen MR) is 121 cm³/mol. The maximum Gasteiger partial charge on any atom is 0.256 e. The molecule has 1 aliphatic heterocycles. The van der Waals surface area contributed by atoms with Crippen molar-refractivity contribution in [2.24, 2.45) is 0 Å². The highest BCUT2D eigenvalue weighted by Crippen LogP contribution is 2.38. The van der Waals surface area contributed by atoms with Crippen LogP contribution in [0, 0.1) is 0 Å². The molecule has 1 unspecified atom stereocenters. The lowest BCUT2D eigenvalue weighted by Crippen LogP contribution is -2.31. The molecule has 1 aromatic carbocycles. The number of aromatic nitrogens is 3. The number of nitrogens with zero attached hydrogens (tertiary/aromatic N) is 3. The van der Waals surface area contributed by atoms with E-state index in [0.717, 1.165) is 22.7 Å². The van der Waals surface area contributed by atoms with Crippen molar-refractivity contribution in [1.82, 2.24) is 14.8 Å². The molecule has 3 aromatic rings. The Hall–Kier alpha value is -2.78. The van der Waals surface area contributed by atoms with Crippen LogP contribution in [-0.4, -0.2) is 33.5 Å². The number of para-hydroxylation sites is 2. The third kappa shape index (κ3) is 3.95. The van der Waals surface area contributed by atoms with Crippen LogP contribution in [0.5, 0.6) is 5.75 Å². The van der Waals surface area contributed by atoms with Crippen LogP contribution in [0.1, 0.15) is 31.2 Å². The van der Waals surface area contributed by atoms with Crippen molar-refractivity contribution in [3.63, 3.8) is 0 Å². The second-order valence-corrected chi connectivity index (χ2v) is 8.79. The highest BCUT2D eigenvalue weighted by atomic mass is 32.2. The van der Waals surface area contributed by atoms with Gasteiger partial charge in [0.1, 0.15) is 11.8 Å². The molecule has 4 rings (SSSR count). The Kier molecular flexibility index (Phi) is 6.10. The minimum atomic E-state index is -0.348. The Morgan fingerprint density at radius 3 is 2.90 bits per heavy atom. The molecular weight excluding hydrogens is 418 g/mol. The van der Waals surface area contributed by atoms with Crippen LogP contribution < -0.4 is 15.4 Å². The summed E-state index contributed by atoms with van der Waals surface area (Å²) < 4.78 is 7.20. The Morgan fingerprint density at radius 1 is 1.33 bits per heavy atom. The summed E-state index contributed by atoms with van der Waals surface area (Å²) in [6.45, 7) is 4.02. The van der Waals surface area contributed by atoms with Gasteiger partial charge in [-0.25, -0.2) is 4.68 Å². The van der Waals surface area contributed by atoms with E-state index in [1.54, 1.807) is 30.2 Å². The average molecular weight is 442 g/mol. The number of allylic oxidation sites excluding steroid dienone is 1. The van der Waals surface area contributed by atoms with Gasteiger partial charge in [-0.3, -0.25) is 4.79 Å². The summed E-state index contributed by atoms with van der Waals surface area (Å²) in [4.78, 5) is 19.1. The van der Waals surface area contributed by atoms with Crippen molar-refractivity contribution < 1.29 is 9.53 Å². The molecule has 1 amide bonds. The van der Waals surface area contributed by atoms with Gasteiger partial charge in [-0.2, -0.15) is 4.98 Å². The predicted octanol–water partition coefficient (Wildman–Crippen LogP) is 4.78. The Balaban J connectivity index is 1.72. The zero-order chi connectivity index (χ0) is 21.1. The number of thiophene rings is 1. The van der Waals surface area contributed by atoms with Crippen LogP contribution in [-0.2, 0) is 4.79 Å². The third-order valence-corrected chi connectivity index (χ3v) is 6.65. The molecule has 0 fully saturated rings. The molecular formula is C21H23N5O2S2. The summed E-state index contributed by atoms with van der Waals surface area (Å²) in [5.74, 6) is 2.01. The number of hydrogen-bond donors (Lipinski definition) is 2. The molecule has 2 N–H and O–H groups in total. The minimum Gasteiger partial charge on any atom is -0.495 e. The number of carbonyl (C=O) groups is 1. The first-order valence-corrected chi connectivity index (χ1v) is 11.5. The number of ether oxygens (including phenoxy) is 1. The summed E-state index contributed by atoms with van der Waals surface area (Å²) in [5, 5.41) is 13.7. The monoisotopic (exact) mass is 441 g/mol. The van der Waals surface area contributed by atoms with Crippen LogP contribution in [0.15, 0.2) is 58.2 Å². The normalized spacial score (nSPS) is 15.5. The Bertz CT molecular complexity index is 1080. The average Bonchev–Trinajstić information content (AvgIpc) is 3.41. The van der Waals surface area contributed by atoms with E-state index in [0.29, 0.717) is 28.1 Å². The molecule has 156 valence electrons. The fourth-order valence-corrected chi connectivity index (χ4v) is 4.83. The molecule has 2 aromatic heterocycles. The molecule has 0 bridgehead atoms. The van der Waals surface area contributed by atoms with E-state index in [2.05, 4.69) is 22.5 Å². The number of hydrogen-bond acceptors (Lipinski definition) is 7. The Morgan fingerprint density at radius 2 is 2.17 bits per heavy atom. The van der Waals surface area contributed by atoms with Crippen LogP contribution >= 0.6 is 23.1 Å². The van der Waals surface area contributed by atoms with E-state index in [-0.39, 0.29) is 11.9 Å². The third-order valence-electron chi connectivity index (χ3n) is 4.68. The van der Waals surface area contributed by atoms with Crippen molar-refractivity contribution in [3.8, 4) is 5.75 Å². The SMILES string of the molecule is CCCSc1nc2n(n1)C(c1cccs1)C(C(=O)Nc1ccccc1OC)=C(C)N2. The zero-order valence-electron chi connectivity index (χ0n) is 17.0. The minimum absolute atomic E-state index is 0.202. The van der Waals surface area contributed by atoms with Gasteiger partial charge in [0.25, 0.3) is 5.91 Å². The zero-order valence-corrected chi connectivity index (χ0v) is 18.6. The van der Waals surface area contributed by atoms with Crippen molar-refractivity contribution in [1.29, 1.82) is 0 Å². The van der Waals surface area contributed by atoms with Crippen LogP contribution in [0.2, 0.25) is 0 Å². The van der Waals surface area contributed by atoms with Gasteiger partial charge >= 0.3 is 0 Å². The first-order chi connectivity index (χ1) is 14.6. The lowest BCUT2D eigenvalue weighted by Gasteiger charge is -2.27. The van der Waals surface area contributed by atoms with E-state index < -0.39 is 0 Å².